The molecule has 2 aromatic carbocycles. The van der Waals surface area contributed by atoms with Crippen molar-refractivity contribution < 1.29 is 4.74 Å². The standard InChI is InChI=1S/C20H27NO/c1-5-22-19-9-7-6-8-17(19)18(21)14-15-10-12-16(13-11-15)20(2,3)4/h6-13,18H,5,14,21H2,1-4H3. The molecule has 2 nitrogen and oxygen atoms in total. The Morgan fingerprint density at radius 1 is 1.00 bits per heavy atom. The lowest BCUT2D eigenvalue weighted by atomic mass is 9.86. The van der Waals surface area contributed by atoms with E-state index in [1.165, 1.54) is 11.1 Å². The van der Waals surface area contributed by atoms with Crippen molar-refractivity contribution >= 4 is 0 Å². The van der Waals surface area contributed by atoms with Gasteiger partial charge in [0.15, 0.2) is 0 Å². The van der Waals surface area contributed by atoms with Gasteiger partial charge in [0, 0.05) is 11.6 Å². The molecule has 0 heterocycles. The summed E-state index contributed by atoms with van der Waals surface area (Å²) in [7, 11) is 0. The lowest BCUT2D eigenvalue weighted by Crippen LogP contribution is -2.15. The van der Waals surface area contributed by atoms with Gasteiger partial charge in [-0.15, -0.1) is 0 Å². The molecule has 22 heavy (non-hydrogen) atoms. The van der Waals surface area contributed by atoms with Gasteiger partial charge in [0.1, 0.15) is 5.75 Å². The molecule has 0 aromatic heterocycles. The smallest absolute Gasteiger partial charge is 0.124 e. The molecule has 0 aliphatic rings. The van der Waals surface area contributed by atoms with Crippen molar-refractivity contribution in [2.75, 3.05) is 6.61 Å². The highest BCUT2D eigenvalue weighted by Gasteiger charge is 2.15. The van der Waals surface area contributed by atoms with Crippen molar-refractivity contribution in [3.05, 3.63) is 65.2 Å². The zero-order valence-electron chi connectivity index (χ0n) is 14.1. The molecule has 0 spiro atoms. The van der Waals surface area contributed by atoms with Gasteiger partial charge in [-0.05, 0) is 36.0 Å². The first-order valence-corrected chi connectivity index (χ1v) is 7.98. The van der Waals surface area contributed by atoms with E-state index < -0.39 is 0 Å². The van der Waals surface area contributed by atoms with Gasteiger partial charge in [-0.2, -0.15) is 0 Å². The quantitative estimate of drug-likeness (QED) is 0.873. The van der Waals surface area contributed by atoms with Gasteiger partial charge in [0.25, 0.3) is 0 Å². The van der Waals surface area contributed by atoms with E-state index in [2.05, 4.69) is 51.1 Å². The molecule has 0 saturated carbocycles. The van der Waals surface area contributed by atoms with E-state index in [4.69, 9.17) is 10.5 Å². The molecule has 0 aliphatic heterocycles. The molecule has 118 valence electrons. The molecule has 0 radical (unpaired) electrons. The average Bonchev–Trinajstić information content (AvgIpc) is 2.47. The highest BCUT2D eigenvalue weighted by molar-refractivity contribution is 5.37. The highest BCUT2D eigenvalue weighted by Crippen LogP contribution is 2.27. The van der Waals surface area contributed by atoms with E-state index in [0.717, 1.165) is 17.7 Å². The summed E-state index contributed by atoms with van der Waals surface area (Å²) in [4.78, 5) is 0. The first kappa shape index (κ1) is 16.6. The van der Waals surface area contributed by atoms with Crippen molar-refractivity contribution in [1.29, 1.82) is 0 Å². The number of benzene rings is 2. The Morgan fingerprint density at radius 3 is 2.23 bits per heavy atom. The highest BCUT2D eigenvalue weighted by atomic mass is 16.5. The number of para-hydroxylation sites is 1. The number of hydrogen-bond acceptors (Lipinski definition) is 2. The van der Waals surface area contributed by atoms with Gasteiger partial charge in [-0.25, -0.2) is 0 Å². The molecule has 0 amide bonds. The molecule has 0 bridgehead atoms. The summed E-state index contributed by atoms with van der Waals surface area (Å²) in [6.45, 7) is 9.34. The third-order valence-electron chi connectivity index (χ3n) is 3.89. The van der Waals surface area contributed by atoms with Gasteiger partial charge >= 0.3 is 0 Å². The summed E-state index contributed by atoms with van der Waals surface area (Å²) in [6.07, 6.45) is 0.814. The van der Waals surface area contributed by atoms with Crippen LogP contribution in [0.2, 0.25) is 0 Å². The minimum Gasteiger partial charge on any atom is -0.494 e. The van der Waals surface area contributed by atoms with Crippen molar-refractivity contribution in [1.82, 2.24) is 0 Å². The summed E-state index contributed by atoms with van der Waals surface area (Å²) in [5.41, 5.74) is 10.3. The van der Waals surface area contributed by atoms with Crippen LogP contribution in [-0.2, 0) is 11.8 Å². The van der Waals surface area contributed by atoms with Gasteiger partial charge < -0.3 is 10.5 Å². The molecule has 1 atom stereocenters. The topological polar surface area (TPSA) is 35.2 Å². The molecule has 2 heteroatoms. The maximum atomic E-state index is 6.40. The molecule has 2 aromatic rings. The molecule has 0 fully saturated rings. The molecule has 1 unspecified atom stereocenters. The Balaban J connectivity index is 2.14. The first-order chi connectivity index (χ1) is 10.4. The van der Waals surface area contributed by atoms with Gasteiger partial charge in [0.2, 0.25) is 0 Å². The molecular weight excluding hydrogens is 270 g/mol. The van der Waals surface area contributed by atoms with Crippen LogP contribution in [0.25, 0.3) is 0 Å². The number of hydrogen-bond donors (Lipinski definition) is 1. The second-order valence-corrected chi connectivity index (χ2v) is 6.73. The molecule has 2 rings (SSSR count). The van der Waals surface area contributed by atoms with Crippen LogP contribution in [-0.4, -0.2) is 6.61 Å². The van der Waals surface area contributed by atoms with Crippen molar-refractivity contribution in [2.45, 2.75) is 45.6 Å². The third-order valence-corrected chi connectivity index (χ3v) is 3.89. The maximum Gasteiger partial charge on any atom is 0.124 e. The predicted molar refractivity (Wildman–Crippen MR) is 93.4 cm³/mol. The van der Waals surface area contributed by atoms with Crippen LogP contribution in [0.3, 0.4) is 0 Å². The predicted octanol–water partition coefficient (Wildman–Crippen LogP) is 4.63. The van der Waals surface area contributed by atoms with E-state index in [9.17, 15) is 0 Å². The average molecular weight is 297 g/mol. The van der Waals surface area contributed by atoms with E-state index in [-0.39, 0.29) is 11.5 Å². The number of rotatable bonds is 5. The van der Waals surface area contributed by atoms with Gasteiger partial charge in [-0.1, -0.05) is 63.2 Å². The van der Waals surface area contributed by atoms with Crippen LogP contribution < -0.4 is 10.5 Å². The van der Waals surface area contributed by atoms with E-state index in [0.29, 0.717) is 6.61 Å². The number of ether oxygens (including phenoxy) is 1. The summed E-state index contributed by atoms with van der Waals surface area (Å²) in [5.74, 6) is 0.892. The monoisotopic (exact) mass is 297 g/mol. The summed E-state index contributed by atoms with van der Waals surface area (Å²) < 4.78 is 5.68. The molecule has 2 N–H and O–H groups in total. The summed E-state index contributed by atoms with van der Waals surface area (Å²) in [5, 5.41) is 0. The summed E-state index contributed by atoms with van der Waals surface area (Å²) in [6, 6.07) is 16.8. The second-order valence-electron chi connectivity index (χ2n) is 6.73. The molecule has 0 aliphatic carbocycles. The fraction of sp³-hybridized carbons (Fsp3) is 0.400. The van der Waals surface area contributed by atoms with Crippen molar-refractivity contribution in [2.24, 2.45) is 5.73 Å². The van der Waals surface area contributed by atoms with E-state index in [1.807, 2.05) is 25.1 Å². The molecule has 0 saturated heterocycles. The Labute approximate surface area is 134 Å². The lowest BCUT2D eigenvalue weighted by molar-refractivity contribution is 0.334. The fourth-order valence-corrected chi connectivity index (χ4v) is 2.58. The van der Waals surface area contributed by atoms with Crippen LogP contribution >= 0.6 is 0 Å². The Morgan fingerprint density at radius 2 is 1.64 bits per heavy atom. The van der Waals surface area contributed by atoms with Crippen molar-refractivity contribution in [3.8, 4) is 5.75 Å². The molecular formula is C20H27NO. The second kappa shape index (κ2) is 6.97. The van der Waals surface area contributed by atoms with Crippen LogP contribution in [0, 0.1) is 0 Å². The lowest BCUT2D eigenvalue weighted by Gasteiger charge is -2.20. The van der Waals surface area contributed by atoms with E-state index in [1.54, 1.807) is 0 Å². The Kier molecular flexibility index (Phi) is 5.25. The van der Waals surface area contributed by atoms with Gasteiger partial charge in [-0.3, -0.25) is 0 Å². The number of nitrogens with two attached hydrogens (primary N) is 1. The van der Waals surface area contributed by atoms with Crippen LogP contribution in [0.5, 0.6) is 5.75 Å². The first-order valence-electron chi connectivity index (χ1n) is 7.98. The van der Waals surface area contributed by atoms with Crippen molar-refractivity contribution in [3.63, 3.8) is 0 Å². The fourth-order valence-electron chi connectivity index (χ4n) is 2.58. The zero-order chi connectivity index (χ0) is 16.2. The zero-order valence-corrected chi connectivity index (χ0v) is 14.1. The SMILES string of the molecule is CCOc1ccccc1C(N)Cc1ccc(C(C)(C)C)cc1. The van der Waals surface area contributed by atoms with Crippen LogP contribution in [0.15, 0.2) is 48.5 Å². The largest absolute Gasteiger partial charge is 0.494 e. The van der Waals surface area contributed by atoms with Crippen LogP contribution in [0.1, 0.15) is 50.4 Å². The minimum absolute atomic E-state index is 0.0526. The third kappa shape index (κ3) is 4.11. The summed E-state index contributed by atoms with van der Waals surface area (Å²) >= 11 is 0. The Bertz CT molecular complexity index is 596. The Hall–Kier alpha value is -1.80. The van der Waals surface area contributed by atoms with Crippen LogP contribution in [0.4, 0.5) is 0 Å². The maximum absolute atomic E-state index is 6.40. The minimum atomic E-state index is -0.0526. The van der Waals surface area contributed by atoms with Gasteiger partial charge in [0.05, 0.1) is 6.61 Å². The normalized spacial score (nSPS) is 13.0. The van der Waals surface area contributed by atoms with E-state index >= 15 is 0 Å².